The quantitative estimate of drug-likeness (QED) is 0.819. The maximum Gasteiger partial charge on any atom is 0.122 e. The predicted molar refractivity (Wildman–Crippen MR) is 70.3 cm³/mol. The smallest absolute Gasteiger partial charge is 0.122 e. The molecule has 0 radical (unpaired) electrons. The Morgan fingerprint density at radius 3 is 2.35 bits per heavy atom. The second-order valence-electron chi connectivity index (χ2n) is 5.35. The fourth-order valence-corrected chi connectivity index (χ4v) is 1.92. The van der Waals surface area contributed by atoms with Gasteiger partial charge in [-0.05, 0) is 41.5 Å². The maximum atomic E-state index is 5.46. The Kier molecular flexibility index (Phi) is 4.54. The van der Waals surface area contributed by atoms with E-state index in [0.29, 0.717) is 6.61 Å². The summed E-state index contributed by atoms with van der Waals surface area (Å²) in [4.78, 5) is 4.65. The molecule has 0 amide bonds. The Morgan fingerprint density at radius 1 is 1.24 bits per heavy atom. The van der Waals surface area contributed by atoms with Crippen molar-refractivity contribution in [3.05, 3.63) is 28.8 Å². The Bertz CT molecular complexity index is 381. The molecule has 96 valence electrons. The molecule has 17 heavy (non-hydrogen) atoms. The second-order valence-corrected chi connectivity index (χ2v) is 5.35. The van der Waals surface area contributed by atoms with Crippen LogP contribution in [-0.2, 0) is 16.7 Å². The van der Waals surface area contributed by atoms with Crippen molar-refractivity contribution in [3.8, 4) is 5.75 Å². The third-order valence-corrected chi connectivity index (χ3v) is 2.96. The molecule has 0 aromatic heterocycles. The van der Waals surface area contributed by atoms with Crippen LogP contribution in [0.1, 0.15) is 37.5 Å². The fourth-order valence-electron chi connectivity index (χ4n) is 1.92. The van der Waals surface area contributed by atoms with Gasteiger partial charge in [-0.3, -0.25) is 0 Å². The molecule has 0 aliphatic heterocycles. The third-order valence-electron chi connectivity index (χ3n) is 2.96. The van der Waals surface area contributed by atoms with E-state index in [2.05, 4.69) is 44.7 Å². The summed E-state index contributed by atoms with van der Waals surface area (Å²) in [6.07, 6.45) is 0.829. The Hall–Kier alpha value is -1.06. The molecule has 1 aromatic carbocycles. The van der Waals surface area contributed by atoms with Crippen LogP contribution in [-0.4, -0.2) is 13.7 Å². The van der Waals surface area contributed by atoms with E-state index in [1.165, 1.54) is 16.7 Å². The first-order valence-corrected chi connectivity index (χ1v) is 5.90. The van der Waals surface area contributed by atoms with Crippen molar-refractivity contribution in [1.29, 1.82) is 0 Å². The first kappa shape index (κ1) is 14.0. The lowest BCUT2D eigenvalue weighted by atomic mass is 9.84. The molecular weight excluding hydrogens is 214 g/mol. The second kappa shape index (κ2) is 5.52. The summed E-state index contributed by atoms with van der Waals surface area (Å²) in [6.45, 7) is 9.17. The lowest BCUT2D eigenvalue weighted by Crippen LogP contribution is -2.14. The van der Waals surface area contributed by atoms with Gasteiger partial charge >= 0.3 is 0 Å². The zero-order valence-corrected chi connectivity index (χ0v) is 11.5. The molecule has 0 aliphatic rings. The average molecular weight is 237 g/mol. The molecule has 2 N–H and O–H groups in total. The molecule has 1 aromatic rings. The highest BCUT2D eigenvalue weighted by atomic mass is 16.6. The molecule has 3 nitrogen and oxygen atoms in total. The van der Waals surface area contributed by atoms with Gasteiger partial charge in [0.15, 0.2) is 0 Å². The van der Waals surface area contributed by atoms with Gasteiger partial charge < -0.3 is 9.57 Å². The van der Waals surface area contributed by atoms with Crippen LogP contribution in [0.2, 0.25) is 0 Å². The standard InChI is InChI=1S/C14H23NO2/c1-10-8-13(16-5)12(14(2,3)4)9-11(10)6-7-17-15/h8-9H,6-7,15H2,1-5H3. The van der Waals surface area contributed by atoms with Crippen LogP contribution >= 0.6 is 0 Å². The number of nitrogens with two attached hydrogens (primary N) is 1. The first-order valence-electron chi connectivity index (χ1n) is 5.90. The van der Waals surface area contributed by atoms with E-state index in [1.54, 1.807) is 7.11 Å². The number of ether oxygens (including phenoxy) is 1. The van der Waals surface area contributed by atoms with Crippen molar-refractivity contribution in [2.45, 2.75) is 39.5 Å². The van der Waals surface area contributed by atoms with Gasteiger partial charge in [-0.2, -0.15) is 0 Å². The molecule has 0 aliphatic carbocycles. The minimum absolute atomic E-state index is 0.0668. The molecule has 0 atom stereocenters. The zero-order valence-electron chi connectivity index (χ0n) is 11.5. The summed E-state index contributed by atoms with van der Waals surface area (Å²) >= 11 is 0. The van der Waals surface area contributed by atoms with Crippen LogP contribution < -0.4 is 10.6 Å². The number of hydrogen-bond donors (Lipinski definition) is 1. The summed E-state index contributed by atoms with van der Waals surface area (Å²) in [7, 11) is 1.71. The maximum absolute atomic E-state index is 5.46. The normalized spacial score (nSPS) is 11.6. The third kappa shape index (κ3) is 3.45. The summed E-state index contributed by atoms with van der Waals surface area (Å²) in [5, 5.41) is 0. The fraction of sp³-hybridized carbons (Fsp3) is 0.571. The van der Waals surface area contributed by atoms with Crippen molar-refractivity contribution >= 4 is 0 Å². The SMILES string of the molecule is COc1cc(C)c(CCON)cc1C(C)(C)C. The van der Waals surface area contributed by atoms with E-state index in [1.807, 2.05) is 0 Å². The lowest BCUT2D eigenvalue weighted by molar-refractivity contribution is 0.141. The van der Waals surface area contributed by atoms with Gasteiger partial charge in [0.05, 0.1) is 13.7 Å². The molecular formula is C14H23NO2. The lowest BCUT2D eigenvalue weighted by Gasteiger charge is -2.24. The predicted octanol–water partition coefficient (Wildman–Crippen LogP) is 2.73. The zero-order chi connectivity index (χ0) is 13.1. The average Bonchev–Trinajstić information content (AvgIpc) is 2.25. The van der Waals surface area contributed by atoms with Gasteiger partial charge in [-0.25, -0.2) is 5.90 Å². The van der Waals surface area contributed by atoms with Crippen LogP contribution in [0.4, 0.5) is 0 Å². The van der Waals surface area contributed by atoms with Crippen molar-refractivity contribution in [2.75, 3.05) is 13.7 Å². The van der Waals surface area contributed by atoms with Crippen LogP contribution in [0, 0.1) is 6.92 Å². The first-order chi connectivity index (χ1) is 7.90. The summed E-state index contributed by atoms with van der Waals surface area (Å²) in [5.41, 5.74) is 3.77. The molecule has 0 saturated heterocycles. The number of rotatable bonds is 4. The monoisotopic (exact) mass is 237 g/mol. The number of hydrogen-bond acceptors (Lipinski definition) is 3. The van der Waals surface area contributed by atoms with Gasteiger partial charge in [0.2, 0.25) is 0 Å². The number of methoxy groups -OCH3 is 1. The van der Waals surface area contributed by atoms with Gasteiger partial charge in [0.25, 0.3) is 0 Å². The van der Waals surface area contributed by atoms with Crippen molar-refractivity contribution < 1.29 is 9.57 Å². The topological polar surface area (TPSA) is 44.5 Å². The van der Waals surface area contributed by atoms with Crippen molar-refractivity contribution in [1.82, 2.24) is 0 Å². The van der Waals surface area contributed by atoms with E-state index >= 15 is 0 Å². The van der Waals surface area contributed by atoms with Gasteiger partial charge in [-0.15, -0.1) is 0 Å². The highest BCUT2D eigenvalue weighted by Crippen LogP contribution is 2.33. The Morgan fingerprint density at radius 2 is 1.88 bits per heavy atom. The Balaban J connectivity index is 3.18. The highest BCUT2D eigenvalue weighted by molar-refractivity contribution is 5.45. The van der Waals surface area contributed by atoms with Crippen LogP contribution in [0.5, 0.6) is 5.75 Å². The molecule has 0 fully saturated rings. The summed E-state index contributed by atoms with van der Waals surface area (Å²) < 4.78 is 5.46. The molecule has 0 spiro atoms. The largest absolute Gasteiger partial charge is 0.496 e. The van der Waals surface area contributed by atoms with Crippen LogP contribution in [0.25, 0.3) is 0 Å². The Labute approximate surface area is 104 Å². The van der Waals surface area contributed by atoms with Crippen molar-refractivity contribution in [3.63, 3.8) is 0 Å². The van der Waals surface area contributed by atoms with E-state index < -0.39 is 0 Å². The summed E-state index contributed by atoms with van der Waals surface area (Å²) in [5.74, 6) is 6.03. The van der Waals surface area contributed by atoms with Crippen molar-refractivity contribution in [2.24, 2.45) is 5.90 Å². The van der Waals surface area contributed by atoms with E-state index in [-0.39, 0.29) is 5.41 Å². The minimum atomic E-state index is 0.0668. The van der Waals surface area contributed by atoms with Gasteiger partial charge in [-0.1, -0.05) is 26.8 Å². The van der Waals surface area contributed by atoms with E-state index in [4.69, 9.17) is 10.6 Å². The number of benzene rings is 1. The van der Waals surface area contributed by atoms with Crippen LogP contribution in [0.15, 0.2) is 12.1 Å². The van der Waals surface area contributed by atoms with Crippen LogP contribution in [0.3, 0.4) is 0 Å². The van der Waals surface area contributed by atoms with E-state index in [9.17, 15) is 0 Å². The van der Waals surface area contributed by atoms with Gasteiger partial charge in [0.1, 0.15) is 5.75 Å². The minimum Gasteiger partial charge on any atom is -0.496 e. The molecule has 0 heterocycles. The highest BCUT2D eigenvalue weighted by Gasteiger charge is 2.20. The van der Waals surface area contributed by atoms with Gasteiger partial charge in [0, 0.05) is 0 Å². The molecule has 1 rings (SSSR count). The number of aryl methyl sites for hydroxylation is 1. The molecule has 0 saturated carbocycles. The molecule has 3 heteroatoms. The van der Waals surface area contributed by atoms with E-state index in [0.717, 1.165) is 12.2 Å². The molecule has 0 unspecified atom stereocenters. The summed E-state index contributed by atoms with van der Waals surface area (Å²) in [6, 6.07) is 4.29. The molecule has 0 bridgehead atoms.